The number of carbonyl (C=O) groups excluding carboxylic acids is 2. The molecule has 6 nitrogen and oxygen atoms in total. The van der Waals surface area contributed by atoms with Crippen LogP contribution in [0.5, 0.6) is 0 Å². The first-order valence-electron chi connectivity index (χ1n) is 7.74. The van der Waals surface area contributed by atoms with Crippen molar-refractivity contribution in [1.82, 2.24) is 20.1 Å². The number of likely N-dealkylation sites (tertiary alicyclic amines) is 1. The summed E-state index contributed by atoms with van der Waals surface area (Å²) in [6.45, 7) is 7.20. The van der Waals surface area contributed by atoms with Gasteiger partial charge in [-0.15, -0.1) is 0 Å². The van der Waals surface area contributed by atoms with Crippen molar-refractivity contribution < 1.29 is 9.59 Å². The number of rotatable bonds is 3. The van der Waals surface area contributed by atoms with Crippen molar-refractivity contribution >= 4 is 11.9 Å². The number of nitrogens with zero attached hydrogens (tertiary/aromatic N) is 3. The van der Waals surface area contributed by atoms with Gasteiger partial charge in [0.2, 0.25) is 0 Å². The normalized spacial score (nSPS) is 27.0. The third-order valence-corrected chi connectivity index (χ3v) is 4.74. The Bertz CT molecular complexity index is 589. The van der Waals surface area contributed by atoms with Crippen molar-refractivity contribution in [2.45, 2.75) is 44.8 Å². The van der Waals surface area contributed by atoms with E-state index in [-0.39, 0.29) is 24.0 Å². The van der Waals surface area contributed by atoms with E-state index < -0.39 is 5.54 Å². The zero-order valence-corrected chi connectivity index (χ0v) is 13.2. The Morgan fingerprint density at radius 3 is 2.50 bits per heavy atom. The molecule has 3 amide bonds. The standard InChI is InChI=1S/C16H22N4O2/c1-11(2)20-14(21)16(18-15(20)22)6-9-19(10-16)12(3)13-4-7-17-8-5-13/h4-5,7-8,11-12H,6,9-10H2,1-3H3,(H,18,22)/t12-,16+/m1/s1. The Hall–Kier alpha value is -1.95. The van der Waals surface area contributed by atoms with Crippen LogP contribution in [-0.4, -0.2) is 51.4 Å². The second-order valence-corrected chi connectivity index (χ2v) is 6.46. The highest BCUT2D eigenvalue weighted by Crippen LogP contribution is 2.34. The Balaban J connectivity index is 1.78. The van der Waals surface area contributed by atoms with E-state index in [4.69, 9.17) is 0 Å². The summed E-state index contributed by atoms with van der Waals surface area (Å²) in [5, 5.41) is 2.93. The number of hydrogen-bond donors (Lipinski definition) is 1. The van der Waals surface area contributed by atoms with Crippen molar-refractivity contribution in [3.05, 3.63) is 30.1 Å². The first kappa shape index (κ1) is 15.0. The Morgan fingerprint density at radius 2 is 1.91 bits per heavy atom. The lowest BCUT2D eigenvalue weighted by atomic mass is 9.98. The maximum Gasteiger partial charge on any atom is 0.325 e. The van der Waals surface area contributed by atoms with Crippen molar-refractivity contribution in [3.63, 3.8) is 0 Å². The molecule has 0 saturated carbocycles. The van der Waals surface area contributed by atoms with Gasteiger partial charge in [-0.2, -0.15) is 0 Å². The largest absolute Gasteiger partial charge is 0.325 e. The molecule has 1 N–H and O–H groups in total. The molecule has 1 aromatic heterocycles. The number of nitrogens with one attached hydrogen (secondary N) is 1. The molecule has 6 heteroatoms. The molecule has 2 atom stereocenters. The van der Waals surface area contributed by atoms with E-state index in [0.29, 0.717) is 13.0 Å². The van der Waals surface area contributed by atoms with Gasteiger partial charge in [-0.05, 0) is 44.9 Å². The molecule has 0 unspecified atom stereocenters. The summed E-state index contributed by atoms with van der Waals surface area (Å²) in [6, 6.07) is 3.80. The summed E-state index contributed by atoms with van der Waals surface area (Å²) >= 11 is 0. The number of carbonyl (C=O) groups is 2. The smallest absolute Gasteiger partial charge is 0.322 e. The van der Waals surface area contributed by atoms with Gasteiger partial charge in [-0.3, -0.25) is 19.6 Å². The summed E-state index contributed by atoms with van der Waals surface area (Å²) in [5.74, 6) is -0.0862. The molecule has 22 heavy (non-hydrogen) atoms. The molecule has 2 fully saturated rings. The van der Waals surface area contributed by atoms with Gasteiger partial charge in [-0.1, -0.05) is 0 Å². The van der Waals surface area contributed by atoms with Gasteiger partial charge in [-0.25, -0.2) is 4.79 Å². The maximum absolute atomic E-state index is 12.7. The summed E-state index contributed by atoms with van der Waals surface area (Å²) < 4.78 is 0. The van der Waals surface area contributed by atoms with Gasteiger partial charge in [0.1, 0.15) is 5.54 Å². The summed E-state index contributed by atoms with van der Waals surface area (Å²) in [7, 11) is 0. The highest BCUT2D eigenvalue weighted by atomic mass is 16.2. The fraction of sp³-hybridized carbons (Fsp3) is 0.562. The number of amides is 3. The number of hydrogen-bond acceptors (Lipinski definition) is 4. The maximum atomic E-state index is 12.7. The van der Waals surface area contributed by atoms with Crippen molar-refractivity contribution in [3.8, 4) is 0 Å². The Kier molecular flexibility index (Phi) is 3.64. The average Bonchev–Trinajstić information content (AvgIpc) is 3.02. The lowest BCUT2D eigenvalue weighted by Gasteiger charge is -2.27. The SMILES string of the molecule is CC(C)N1C(=O)N[C@]2(CCN([C@H](C)c3ccncc3)C2)C1=O. The predicted molar refractivity (Wildman–Crippen MR) is 82.1 cm³/mol. The lowest BCUT2D eigenvalue weighted by molar-refractivity contribution is -0.132. The minimum Gasteiger partial charge on any atom is -0.322 e. The topological polar surface area (TPSA) is 65.5 Å². The molecule has 3 rings (SSSR count). The van der Waals surface area contributed by atoms with E-state index in [1.807, 2.05) is 26.0 Å². The number of pyridine rings is 1. The van der Waals surface area contributed by atoms with E-state index in [9.17, 15) is 9.59 Å². The van der Waals surface area contributed by atoms with E-state index in [1.54, 1.807) is 12.4 Å². The molecule has 2 saturated heterocycles. The Labute approximate surface area is 130 Å². The third-order valence-electron chi connectivity index (χ3n) is 4.74. The summed E-state index contributed by atoms with van der Waals surface area (Å²) in [5.41, 5.74) is 0.423. The van der Waals surface area contributed by atoms with Crippen LogP contribution >= 0.6 is 0 Å². The molecule has 0 radical (unpaired) electrons. The van der Waals surface area contributed by atoms with Crippen LogP contribution in [0.15, 0.2) is 24.5 Å². The van der Waals surface area contributed by atoms with E-state index in [1.165, 1.54) is 10.5 Å². The van der Waals surface area contributed by atoms with Gasteiger partial charge in [0.15, 0.2) is 0 Å². The van der Waals surface area contributed by atoms with Crippen molar-refractivity contribution in [1.29, 1.82) is 0 Å². The summed E-state index contributed by atoms with van der Waals surface area (Å²) in [6.07, 6.45) is 4.22. The first-order chi connectivity index (χ1) is 10.4. The van der Waals surface area contributed by atoms with Gasteiger partial charge < -0.3 is 5.32 Å². The Morgan fingerprint density at radius 1 is 1.23 bits per heavy atom. The number of imide groups is 1. The van der Waals surface area contributed by atoms with Crippen LogP contribution in [0.25, 0.3) is 0 Å². The third kappa shape index (κ3) is 2.27. The molecular formula is C16H22N4O2. The van der Waals surface area contributed by atoms with Gasteiger partial charge in [0.25, 0.3) is 5.91 Å². The molecule has 1 aromatic rings. The number of aromatic nitrogens is 1. The molecule has 3 heterocycles. The highest BCUT2D eigenvalue weighted by Gasteiger charge is 2.55. The van der Waals surface area contributed by atoms with E-state index >= 15 is 0 Å². The first-order valence-corrected chi connectivity index (χ1v) is 7.74. The fourth-order valence-electron chi connectivity index (χ4n) is 3.41. The van der Waals surface area contributed by atoms with Crippen LogP contribution in [0.4, 0.5) is 4.79 Å². The van der Waals surface area contributed by atoms with Crippen LogP contribution in [-0.2, 0) is 4.79 Å². The molecule has 0 bridgehead atoms. The molecular weight excluding hydrogens is 280 g/mol. The van der Waals surface area contributed by atoms with Crippen LogP contribution in [0.1, 0.15) is 38.8 Å². The zero-order chi connectivity index (χ0) is 15.9. The van der Waals surface area contributed by atoms with Crippen LogP contribution in [0, 0.1) is 0 Å². The van der Waals surface area contributed by atoms with Crippen LogP contribution < -0.4 is 5.32 Å². The van der Waals surface area contributed by atoms with Crippen molar-refractivity contribution in [2.75, 3.05) is 13.1 Å². The van der Waals surface area contributed by atoms with Gasteiger partial charge in [0, 0.05) is 37.6 Å². The van der Waals surface area contributed by atoms with E-state index in [2.05, 4.69) is 22.1 Å². The van der Waals surface area contributed by atoms with E-state index in [0.717, 1.165) is 6.54 Å². The van der Waals surface area contributed by atoms with Gasteiger partial charge >= 0.3 is 6.03 Å². The lowest BCUT2D eigenvalue weighted by Crippen LogP contribution is -2.49. The zero-order valence-electron chi connectivity index (χ0n) is 13.2. The van der Waals surface area contributed by atoms with Gasteiger partial charge in [0.05, 0.1) is 0 Å². The second kappa shape index (κ2) is 5.35. The average molecular weight is 302 g/mol. The number of urea groups is 1. The van der Waals surface area contributed by atoms with Crippen LogP contribution in [0.3, 0.4) is 0 Å². The molecule has 0 aliphatic carbocycles. The minimum absolute atomic E-state index is 0.0862. The second-order valence-electron chi connectivity index (χ2n) is 6.46. The highest BCUT2D eigenvalue weighted by molar-refractivity contribution is 6.07. The molecule has 2 aliphatic rings. The monoisotopic (exact) mass is 302 g/mol. The van der Waals surface area contributed by atoms with Crippen LogP contribution in [0.2, 0.25) is 0 Å². The quantitative estimate of drug-likeness (QED) is 0.860. The molecule has 1 spiro atoms. The van der Waals surface area contributed by atoms with Crippen molar-refractivity contribution in [2.24, 2.45) is 0 Å². The predicted octanol–water partition coefficient (Wildman–Crippen LogP) is 1.55. The summed E-state index contributed by atoms with van der Waals surface area (Å²) in [4.78, 5) is 32.4. The fourth-order valence-corrected chi connectivity index (χ4v) is 3.41. The minimum atomic E-state index is -0.747. The molecule has 2 aliphatic heterocycles. The molecule has 118 valence electrons. The molecule has 0 aromatic carbocycles.